The lowest BCUT2D eigenvalue weighted by atomic mass is 9.84. The first kappa shape index (κ1) is 19.6. The summed E-state index contributed by atoms with van der Waals surface area (Å²) < 4.78 is 0. The van der Waals surface area contributed by atoms with Gasteiger partial charge in [-0.05, 0) is 54.6 Å². The van der Waals surface area contributed by atoms with Crippen LogP contribution in [0.5, 0.6) is 5.75 Å². The molecule has 27 heavy (non-hydrogen) atoms. The Balaban J connectivity index is 1.92. The van der Waals surface area contributed by atoms with Gasteiger partial charge in [0.2, 0.25) is 0 Å². The van der Waals surface area contributed by atoms with Gasteiger partial charge in [-0.1, -0.05) is 99.1 Å². The summed E-state index contributed by atoms with van der Waals surface area (Å²) in [6.07, 6.45) is 1.91. The number of hydrogen-bond donors (Lipinski definition) is 1. The number of aryl methyl sites for hydroxylation is 2. The van der Waals surface area contributed by atoms with Gasteiger partial charge in [0.15, 0.2) is 0 Å². The minimum Gasteiger partial charge on any atom is -0.507 e. The van der Waals surface area contributed by atoms with Gasteiger partial charge in [0.25, 0.3) is 0 Å². The molecule has 0 atom stereocenters. The van der Waals surface area contributed by atoms with Gasteiger partial charge < -0.3 is 5.11 Å². The van der Waals surface area contributed by atoms with E-state index in [4.69, 9.17) is 0 Å². The van der Waals surface area contributed by atoms with Gasteiger partial charge in [-0.2, -0.15) is 0 Å². The van der Waals surface area contributed by atoms with E-state index in [-0.39, 0.29) is 5.41 Å². The van der Waals surface area contributed by atoms with Crippen molar-refractivity contribution >= 4 is 18.5 Å². The number of rotatable bonds is 5. The minimum absolute atomic E-state index is 0.0611. The average molecular weight is 376 g/mol. The van der Waals surface area contributed by atoms with Crippen molar-refractivity contribution in [1.29, 1.82) is 0 Å². The van der Waals surface area contributed by atoms with Gasteiger partial charge in [-0.15, -0.1) is 0 Å². The Bertz CT molecular complexity index is 840. The Kier molecular flexibility index (Phi) is 6.02. The SMILES string of the molecule is Cc1cc(CCP(c2ccccc2)c2ccccc2)c(O)c(C(C)(C)C)c1. The van der Waals surface area contributed by atoms with Gasteiger partial charge in [0, 0.05) is 0 Å². The molecule has 1 N–H and O–H groups in total. The highest BCUT2D eigenvalue weighted by Gasteiger charge is 2.21. The van der Waals surface area contributed by atoms with Crippen LogP contribution < -0.4 is 10.6 Å². The van der Waals surface area contributed by atoms with Crippen molar-refractivity contribution < 1.29 is 5.11 Å². The summed E-state index contributed by atoms with van der Waals surface area (Å²) in [7, 11) is -0.445. The van der Waals surface area contributed by atoms with Crippen LogP contribution in [0.4, 0.5) is 0 Å². The van der Waals surface area contributed by atoms with Gasteiger partial charge in [0.1, 0.15) is 5.75 Å². The molecule has 1 nitrogen and oxygen atoms in total. The molecule has 0 saturated carbocycles. The summed E-state index contributed by atoms with van der Waals surface area (Å²) in [6, 6.07) is 25.8. The van der Waals surface area contributed by atoms with Crippen LogP contribution >= 0.6 is 7.92 Å². The summed E-state index contributed by atoms with van der Waals surface area (Å²) in [5.74, 6) is 0.476. The summed E-state index contributed by atoms with van der Waals surface area (Å²) in [5, 5.41) is 13.7. The summed E-state index contributed by atoms with van der Waals surface area (Å²) in [5.41, 5.74) is 3.27. The van der Waals surface area contributed by atoms with E-state index in [1.165, 1.54) is 16.2 Å². The van der Waals surface area contributed by atoms with Gasteiger partial charge in [-0.25, -0.2) is 0 Å². The van der Waals surface area contributed by atoms with Crippen molar-refractivity contribution in [3.05, 3.63) is 89.5 Å². The lowest BCUT2D eigenvalue weighted by Crippen LogP contribution is -2.16. The van der Waals surface area contributed by atoms with Crippen LogP contribution in [0.3, 0.4) is 0 Å². The fraction of sp³-hybridized carbons (Fsp3) is 0.280. The van der Waals surface area contributed by atoms with Crippen molar-refractivity contribution in [3.63, 3.8) is 0 Å². The Hall–Kier alpha value is -2.11. The second-order valence-electron chi connectivity index (χ2n) is 8.14. The molecule has 0 aliphatic carbocycles. The first-order chi connectivity index (χ1) is 12.9. The Morgan fingerprint density at radius 2 is 1.33 bits per heavy atom. The fourth-order valence-corrected chi connectivity index (χ4v) is 5.81. The van der Waals surface area contributed by atoms with E-state index in [0.29, 0.717) is 5.75 Å². The lowest BCUT2D eigenvalue weighted by molar-refractivity contribution is 0.440. The lowest BCUT2D eigenvalue weighted by Gasteiger charge is -2.24. The zero-order chi connectivity index (χ0) is 19.4. The molecule has 3 rings (SSSR count). The van der Waals surface area contributed by atoms with E-state index in [1.54, 1.807) is 0 Å². The molecule has 140 valence electrons. The fourth-order valence-electron chi connectivity index (χ4n) is 3.47. The van der Waals surface area contributed by atoms with Crippen LogP contribution in [0.25, 0.3) is 0 Å². The highest BCUT2D eigenvalue weighted by molar-refractivity contribution is 7.73. The summed E-state index contributed by atoms with van der Waals surface area (Å²) in [6.45, 7) is 8.60. The number of benzene rings is 3. The second-order valence-corrected chi connectivity index (χ2v) is 10.5. The third kappa shape index (κ3) is 4.79. The zero-order valence-electron chi connectivity index (χ0n) is 16.7. The molecule has 0 heterocycles. The van der Waals surface area contributed by atoms with Crippen LogP contribution in [-0.4, -0.2) is 11.3 Å². The predicted octanol–water partition coefficient (Wildman–Crippen LogP) is 5.67. The van der Waals surface area contributed by atoms with Crippen LogP contribution in [0.2, 0.25) is 0 Å². The molecule has 0 amide bonds. The van der Waals surface area contributed by atoms with Crippen molar-refractivity contribution in [3.8, 4) is 5.75 Å². The molecule has 0 aromatic heterocycles. The molecular weight excluding hydrogens is 347 g/mol. The molecule has 0 aliphatic rings. The van der Waals surface area contributed by atoms with Crippen LogP contribution in [0, 0.1) is 6.92 Å². The van der Waals surface area contributed by atoms with E-state index in [2.05, 4.69) is 100 Å². The molecule has 0 unspecified atom stereocenters. The Morgan fingerprint density at radius 3 is 1.81 bits per heavy atom. The topological polar surface area (TPSA) is 20.2 Å². The normalized spacial score (nSPS) is 11.7. The molecule has 0 radical (unpaired) electrons. The maximum Gasteiger partial charge on any atom is 0.122 e. The monoisotopic (exact) mass is 376 g/mol. The van der Waals surface area contributed by atoms with Crippen LogP contribution in [0.15, 0.2) is 72.8 Å². The third-order valence-corrected chi connectivity index (χ3v) is 7.40. The van der Waals surface area contributed by atoms with Crippen LogP contribution in [-0.2, 0) is 11.8 Å². The minimum atomic E-state index is -0.445. The number of phenolic OH excluding ortho intramolecular Hbond substituents is 1. The largest absolute Gasteiger partial charge is 0.507 e. The maximum absolute atomic E-state index is 10.9. The highest BCUT2D eigenvalue weighted by atomic mass is 31.1. The second kappa shape index (κ2) is 8.28. The van der Waals surface area contributed by atoms with Crippen molar-refractivity contribution in [2.45, 2.75) is 39.5 Å². The molecule has 3 aromatic carbocycles. The third-order valence-electron chi connectivity index (χ3n) is 4.88. The average Bonchev–Trinajstić information content (AvgIpc) is 2.65. The zero-order valence-corrected chi connectivity index (χ0v) is 17.6. The standard InChI is InChI=1S/C25H29OP/c1-19-17-20(24(26)23(18-19)25(2,3)4)15-16-27(21-11-7-5-8-12-21)22-13-9-6-10-14-22/h5-14,17-18,26H,15-16H2,1-4H3. The molecule has 0 saturated heterocycles. The first-order valence-corrected chi connectivity index (χ1v) is 11.1. The molecule has 2 heteroatoms. The number of phenols is 1. The molecule has 3 aromatic rings. The summed E-state index contributed by atoms with van der Waals surface area (Å²) in [4.78, 5) is 0. The molecule has 0 aliphatic heterocycles. The maximum atomic E-state index is 10.9. The van der Waals surface area contributed by atoms with E-state index in [1.807, 2.05) is 0 Å². The van der Waals surface area contributed by atoms with E-state index in [9.17, 15) is 5.11 Å². The molecule has 0 fully saturated rings. The van der Waals surface area contributed by atoms with E-state index < -0.39 is 7.92 Å². The molecule has 0 bridgehead atoms. The number of aromatic hydroxyl groups is 1. The van der Waals surface area contributed by atoms with Gasteiger partial charge >= 0.3 is 0 Å². The molecular formula is C25H29OP. The van der Waals surface area contributed by atoms with Crippen molar-refractivity contribution in [1.82, 2.24) is 0 Å². The smallest absolute Gasteiger partial charge is 0.122 e. The van der Waals surface area contributed by atoms with Crippen molar-refractivity contribution in [2.75, 3.05) is 6.16 Å². The van der Waals surface area contributed by atoms with Gasteiger partial charge in [-0.3, -0.25) is 0 Å². The van der Waals surface area contributed by atoms with Crippen LogP contribution in [0.1, 0.15) is 37.5 Å². The number of hydrogen-bond acceptors (Lipinski definition) is 1. The first-order valence-electron chi connectivity index (χ1n) is 9.57. The van der Waals surface area contributed by atoms with E-state index in [0.717, 1.165) is 23.7 Å². The van der Waals surface area contributed by atoms with Gasteiger partial charge in [0.05, 0.1) is 0 Å². The quantitative estimate of drug-likeness (QED) is 0.569. The summed E-state index contributed by atoms with van der Waals surface area (Å²) >= 11 is 0. The highest BCUT2D eigenvalue weighted by Crippen LogP contribution is 2.38. The van der Waals surface area contributed by atoms with Crippen molar-refractivity contribution in [2.24, 2.45) is 0 Å². The Labute approximate surface area is 164 Å². The van der Waals surface area contributed by atoms with E-state index >= 15 is 0 Å². The molecule has 0 spiro atoms. The predicted molar refractivity (Wildman–Crippen MR) is 119 cm³/mol. The Morgan fingerprint density at radius 1 is 0.815 bits per heavy atom.